The molecule has 30 heavy (non-hydrogen) atoms. The Morgan fingerprint density at radius 3 is 2.17 bits per heavy atom. The van der Waals surface area contributed by atoms with Gasteiger partial charge in [-0.05, 0) is 46.9 Å². The smallest absolute Gasteiger partial charge is 0.319 e. The quantitative estimate of drug-likeness (QED) is 0.525. The Labute approximate surface area is 181 Å². The maximum Gasteiger partial charge on any atom is 0.319 e. The number of anilines is 1. The van der Waals surface area contributed by atoms with Crippen molar-refractivity contribution in [1.29, 1.82) is 0 Å². The molecule has 0 saturated heterocycles. The van der Waals surface area contributed by atoms with Crippen LogP contribution in [0.15, 0.2) is 42.5 Å². The molecule has 1 saturated carbocycles. The van der Waals surface area contributed by atoms with E-state index in [-0.39, 0.29) is 11.4 Å². The number of rotatable bonds is 7. The molecule has 1 aliphatic rings. The van der Waals surface area contributed by atoms with E-state index in [4.69, 9.17) is 5.73 Å². The number of carbonyl (C=O) groups excluding carboxylic acids is 1. The molecule has 2 aromatic carbocycles. The van der Waals surface area contributed by atoms with E-state index in [0.29, 0.717) is 24.9 Å². The molecule has 0 radical (unpaired) electrons. The van der Waals surface area contributed by atoms with Crippen molar-refractivity contribution >= 4 is 11.7 Å². The Balaban J connectivity index is 1.78. The third-order valence-electron chi connectivity index (χ3n) is 6.53. The van der Waals surface area contributed by atoms with Crippen LogP contribution in [0.1, 0.15) is 87.5 Å². The van der Waals surface area contributed by atoms with Crippen molar-refractivity contribution in [3.8, 4) is 0 Å². The molecular formula is C26H37N3O. The molecule has 2 aromatic rings. The lowest BCUT2D eigenvalue weighted by molar-refractivity contribution is 0.248. The molecule has 2 amide bonds. The summed E-state index contributed by atoms with van der Waals surface area (Å²) in [5.41, 5.74) is 11.6. The van der Waals surface area contributed by atoms with Gasteiger partial charge in [-0.15, -0.1) is 0 Å². The molecule has 0 bridgehead atoms. The summed E-state index contributed by atoms with van der Waals surface area (Å²) in [4.78, 5) is 13.0. The van der Waals surface area contributed by atoms with E-state index in [9.17, 15) is 4.79 Å². The van der Waals surface area contributed by atoms with Crippen molar-refractivity contribution in [2.45, 2.75) is 77.2 Å². The molecule has 0 unspecified atom stereocenters. The summed E-state index contributed by atoms with van der Waals surface area (Å²) in [6, 6.07) is 14.8. The van der Waals surface area contributed by atoms with Gasteiger partial charge in [0.2, 0.25) is 0 Å². The van der Waals surface area contributed by atoms with Crippen LogP contribution in [0, 0.1) is 0 Å². The summed E-state index contributed by atoms with van der Waals surface area (Å²) in [6.45, 7) is 9.86. The van der Waals surface area contributed by atoms with E-state index in [0.717, 1.165) is 24.1 Å². The van der Waals surface area contributed by atoms with Gasteiger partial charge in [-0.25, -0.2) is 4.79 Å². The van der Waals surface area contributed by atoms with E-state index in [2.05, 4.69) is 80.8 Å². The third kappa shape index (κ3) is 4.86. The van der Waals surface area contributed by atoms with Crippen LogP contribution in [-0.4, -0.2) is 12.6 Å². The van der Waals surface area contributed by atoms with Gasteiger partial charge < -0.3 is 16.4 Å². The number of nitrogens with one attached hydrogen (secondary N) is 2. The third-order valence-corrected chi connectivity index (χ3v) is 6.53. The number of nitrogens with two attached hydrogens (primary N) is 1. The number of urea groups is 1. The van der Waals surface area contributed by atoms with Crippen molar-refractivity contribution < 1.29 is 4.79 Å². The standard InChI is InChI=1S/C26H37N3O/c1-18(2)22-11-8-12-23(19(3)4)24(22)29-25(30)28-17-26(13-5-6-14-26)21-10-7-9-20(15-21)16-27/h7-12,15,18-19H,5-6,13-14,16-17,27H2,1-4H3,(H2,28,29,30). The lowest BCUT2D eigenvalue weighted by Crippen LogP contribution is -2.41. The molecule has 162 valence electrons. The fourth-order valence-corrected chi connectivity index (χ4v) is 4.75. The molecule has 0 spiro atoms. The molecule has 4 heteroatoms. The second kappa shape index (κ2) is 9.65. The van der Waals surface area contributed by atoms with Crippen LogP contribution in [0.25, 0.3) is 0 Å². The number of hydrogen-bond acceptors (Lipinski definition) is 2. The second-order valence-electron chi connectivity index (χ2n) is 9.32. The first-order valence-electron chi connectivity index (χ1n) is 11.3. The Bertz CT molecular complexity index is 840. The minimum atomic E-state index is -0.119. The molecular weight excluding hydrogens is 370 g/mol. The van der Waals surface area contributed by atoms with Crippen molar-refractivity contribution in [3.05, 3.63) is 64.7 Å². The molecule has 1 fully saturated rings. The fourth-order valence-electron chi connectivity index (χ4n) is 4.75. The summed E-state index contributed by atoms with van der Waals surface area (Å²) in [7, 11) is 0. The molecule has 0 atom stereocenters. The zero-order valence-corrected chi connectivity index (χ0v) is 18.9. The first kappa shape index (κ1) is 22.4. The Kier molecular flexibility index (Phi) is 7.19. The summed E-state index contributed by atoms with van der Waals surface area (Å²) in [5, 5.41) is 6.39. The van der Waals surface area contributed by atoms with Gasteiger partial charge in [-0.3, -0.25) is 0 Å². The Morgan fingerprint density at radius 2 is 1.60 bits per heavy atom. The fraction of sp³-hybridized carbons (Fsp3) is 0.500. The molecule has 1 aliphatic carbocycles. The summed E-state index contributed by atoms with van der Waals surface area (Å²) in [6.07, 6.45) is 4.59. The van der Waals surface area contributed by atoms with E-state index in [1.165, 1.54) is 29.5 Å². The van der Waals surface area contributed by atoms with Crippen LogP contribution < -0.4 is 16.4 Å². The van der Waals surface area contributed by atoms with Gasteiger partial charge in [0.1, 0.15) is 0 Å². The molecule has 3 rings (SSSR count). The highest BCUT2D eigenvalue weighted by molar-refractivity contribution is 5.91. The van der Waals surface area contributed by atoms with Crippen LogP contribution in [0.2, 0.25) is 0 Å². The maximum absolute atomic E-state index is 13.0. The molecule has 0 aromatic heterocycles. The van der Waals surface area contributed by atoms with Crippen molar-refractivity contribution in [2.75, 3.05) is 11.9 Å². The van der Waals surface area contributed by atoms with E-state index < -0.39 is 0 Å². The first-order valence-corrected chi connectivity index (χ1v) is 11.3. The zero-order valence-electron chi connectivity index (χ0n) is 18.9. The maximum atomic E-state index is 13.0. The highest BCUT2D eigenvalue weighted by atomic mass is 16.2. The van der Waals surface area contributed by atoms with Gasteiger partial charge in [0, 0.05) is 24.2 Å². The van der Waals surface area contributed by atoms with Gasteiger partial charge in [0.05, 0.1) is 0 Å². The van der Waals surface area contributed by atoms with Crippen LogP contribution >= 0.6 is 0 Å². The van der Waals surface area contributed by atoms with E-state index >= 15 is 0 Å². The molecule has 4 nitrogen and oxygen atoms in total. The Hall–Kier alpha value is -2.33. The van der Waals surface area contributed by atoms with Crippen molar-refractivity contribution in [3.63, 3.8) is 0 Å². The second-order valence-corrected chi connectivity index (χ2v) is 9.32. The van der Waals surface area contributed by atoms with Crippen LogP contribution in [-0.2, 0) is 12.0 Å². The largest absolute Gasteiger partial charge is 0.337 e. The number of para-hydroxylation sites is 1. The average Bonchev–Trinajstić information content (AvgIpc) is 3.22. The van der Waals surface area contributed by atoms with Crippen molar-refractivity contribution in [1.82, 2.24) is 5.32 Å². The summed E-state index contributed by atoms with van der Waals surface area (Å²) >= 11 is 0. The monoisotopic (exact) mass is 407 g/mol. The Morgan fingerprint density at radius 1 is 1.00 bits per heavy atom. The summed E-state index contributed by atoms with van der Waals surface area (Å²) in [5.74, 6) is 0.693. The van der Waals surface area contributed by atoms with E-state index in [1.54, 1.807) is 0 Å². The van der Waals surface area contributed by atoms with Crippen LogP contribution in [0.4, 0.5) is 10.5 Å². The number of hydrogen-bond donors (Lipinski definition) is 3. The van der Waals surface area contributed by atoms with E-state index in [1.807, 2.05) is 0 Å². The van der Waals surface area contributed by atoms with Gasteiger partial charge in [0.25, 0.3) is 0 Å². The highest BCUT2D eigenvalue weighted by Gasteiger charge is 2.36. The lowest BCUT2D eigenvalue weighted by Gasteiger charge is -2.31. The van der Waals surface area contributed by atoms with Gasteiger partial charge >= 0.3 is 6.03 Å². The predicted molar refractivity (Wildman–Crippen MR) is 126 cm³/mol. The minimum absolute atomic E-state index is 0.000956. The van der Waals surface area contributed by atoms with Gasteiger partial charge in [0.15, 0.2) is 0 Å². The molecule has 0 heterocycles. The topological polar surface area (TPSA) is 67.2 Å². The first-order chi connectivity index (χ1) is 14.4. The van der Waals surface area contributed by atoms with Gasteiger partial charge in [-0.2, -0.15) is 0 Å². The number of benzene rings is 2. The highest BCUT2D eigenvalue weighted by Crippen LogP contribution is 2.41. The summed E-state index contributed by atoms with van der Waals surface area (Å²) < 4.78 is 0. The normalized spacial score (nSPS) is 15.6. The number of carbonyl (C=O) groups is 1. The zero-order chi connectivity index (χ0) is 21.7. The molecule has 4 N–H and O–H groups in total. The van der Waals surface area contributed by atoms with Crippen LogP contribution in [0.5, 0.6) is 0 Å². The SMILES string of the molecule is CC(C)c1cccc(C(C)C)c1NC(=O)NCC1(c2cccc(CN)c2)CCCC1. The molecule has 0 aliphatic heterocycles. The minimum Gasteiger partial charge on any atom is -0.337 e. The number of amides is 2. The lowest BCUT2D eigenvalue weighted by atomic mass is 9.78. The van der Waals surface area contributed by atoms with Crippen molar-refractivity contribution in [2.24, 2.45) is 5.73 Å². The van der Waals surface area contributed by atoms with Gasteiger partial charge in [-0.1, -0.05) is 83.0 Å². The predicted octanol–water partition coefficient (Wildman–Crippen LogP) is 6.03. The van der Waals surface area contributed by atoms with Crippen LogP contribution in [0.3, 0.4) is 0 Å². The average molecular weight is 408 g/mol.